The van der Waals surface area contributed by atoms with Crippen LogP contribution in [0.5, 0.6) is 0 Å². The van der Waals surface area contributed by atoms with Gasteiger partial charge in [0.25, 0.3) is 0 Å². The van der Waals surface area contributed by atoms with Crippen molar-refractivity contribution in [2.45, 2.75) is 52.7 Å². The second-order valence-corrected chi connectivity index (χ2v) is 10.5. The van der Waals surface area contributed by atoms with Gasteiger partial charge < -0.3 is 20.4 Å². The van der Waals surface area contributed by atoms with Gasteiger partial charge in [-0.15, -0.1) is 0 Å². The molecule has 0 bridgehead atoms. The van der Waals surface area contributed by atoms with Gasteiger partial charge in [-0.1, -0.05) is 5.16 Å². The second-order valence-electron chi connectivity index (χ2n) is 10.5. The van der Waals surface area contributed by atoms with E-state index in [0.29, 0.717) is 16.6 Å². The third kappa shape index (κ3) is 6.70. The Bertz CT molecular complexity index is 1560. The summed E-state index contributed by atoms with van der Waals surface area (Å²) in [4.78, 5) is 24.0. The molecule has 0 saturated carbocycles. The summed E-state index contributed by atoms with van der Waals surface area (Å²) in [6.07, 6.45) is 2.43. The lowest BCUT2D eigenvalue weighted by Gasteiger charge is -2.19. The quantitative estimate of drug-likeness (QED) is 0.140. The summed E-state index contributed by atoms with van der Waals surface area (Å²) in [5.41, 5.74) is 7.06. The van der Waals surface area contributed by atoms with Crippen molar-refractivity contribution < 1.29 is 24.3 Å². The SMILES string of the molecule is CC(C)(C)OC(=O)n1ccc2cc(C#N)ccc21.CC(C)(C)OC(=O)n1ccc2cc(C(N)=NO)ccc21. The van der Waals surface area contributed by atoms with Crippen LogP contribution in [-0.2, 0) is 9.47 Å². The van der Waals surface area contributed by atoms with E-state index in [0.717, 1.165) is 16.3 Å². The van der Waals surface area contributed by atoms with Gasteiger partial charge in [0.15, 0.2) is 5.84 Å². The van der Waals surface area contributed by atoms with Crippen LogP contribution >= 0.6 is 0 Å². The first kappa shape index (κ1) is 27.8. The predicted molar refractivity (Wildman–Crippen MR) is 144 cm³/mol. The number of nitrogens with zero attached hydrogens (tertiary/aromatic N) is 4. The highest BCUT2D eigenvalue weighted by molar-refractivity contribution is 6.01. The average Bonchev–Trinajstić information content (AvgIpc) is 3.45. The summed E-state index contributed by atoms with van der Waals surface area (Å²) in [6.45, 7) is 10.9. The van der Waals surface area contributed by atoms with Crippen molar-refractivity contribution in [3.05, 3.63) is 72.1 Å². The van der Waals surface area contributed by atoms with Gasteiger partial charge in [0.05, 0.1) is 22.7 Å². The molecule has 10 heteroatoms. The van der Waals surface area contributed by atoms with Gasteiger partial charge in [-0.05, 0) is 90.1 Å². The number of aromatic nitrogens is 2. The number of oxime groups is 1. The van der Waals surface area contributed by atoms with Crippen LogP contribution in [0.2, 0.25) is 0 Å². The van der Waals surface area contributed by atoms with Crippen LogP contribution in [0.3, 0.4) is 0 Å². The summed E-state index contributed by atoms with van der Waals surface area (Å²) in [5.74, 6) is 0.0249. The minimum absolute atomic E-state index is 0.0249. The van der Waals surface area contributed by atoms with Crippen molar-refractivity contribution in [3.8, 4) is 6.07 Å². The molecule has 2 aromatic heterocycles. The Morgan fingerprint density at radius 1 is 0.842 bits per heavy atom. The third-order valence-electron chi connectivity index (χ3n) is 5.09. The fraction of sp³-hybridized carbons (Fsp3) is 0.286. The maximum atomic E-state index is 12.1. The number of nitrogens with two attached hydrogens (primary N) is 1. The molecule has 0 fully saturated rings. The number of amidine groups is 1. The number of carbonyl (C=O) groups is 2. The lowest BCUT2D eigenvalue weighted by Crippen LogP contribution is -2.26. The highest BCUT2D eigenvalue weighted by Gasteiger charge is 2.20. The van der Waals surface area contributed by atoms with Crippen molar-refractivity contribution in [1.29, 1.82) is 5.26 Å². The summed E-state index contributed by atoms with van der Waals surface area (Å²) in [7, 11) is 0. The number of rotatable bonds is 1. The van der Waals surface area contributed by atoms with E-state index in [1.54, 1.807) is 60.9 Å². The van der Waals surface area contributed by atoms with Gasteiger partial charge in [-0.3, -0.25) is 9.13 Å². The molecule has 4 aromatic rings. The van der Waals surface area contributed by atoms with Crippen molar-refractivity contribution in [1.82, 2.24) is 9.13 Å². The van der Waals surface area contributed by atoms with Crippen molar-refractivity contribution in [3.63, 3.8) is 0 Å². The summed E-state index contributed by atoms with van der Waals surface area (Å²) in [6, 6.07) is 16.0. The Balaban J connectivity index is 0.000000212. The van der Waals surface area contributed by atoms with Crippen molar-refractivity contribution >= 4 is 39.8 Å². The van der Waals surface area contributed by atoms with Crippen LogP contribution in [0.25, 0.3) is 21.8 Å². The Morgan fingerprint density at radius 2 is 1.32 bits per heavy atom. The molecule has 0 atom stereocenters. The van der Waals surface area contributed by atoms with Gasteiger partial charge in [0.2, 0.25) is 0 Å². The molecule has 0 unspecified atom stereocenters. The highest BCUT2D eigenvalue weighted by Crippen LogP contribution is 2.21. The zero-order valence-corrected chi connectivity index (χ0v) is 22.2. The predicted octanol–water partition coefficient (Wildman–Crippen LogP) is 5.82. The molecule has 0 radical (unpaired) electrons. The van der Waals surface area contributed by atoms with E-state index in [4.69, 9.17) is 25.7 Å². The van der Waals surface area contributed by atoms with Gasteiger partial charge >= 0.3 is 12.2 Å². The Hall–Kier alpha value is -4.78. The number of benzene rings is 2. The van der Waals surface area contributed by atoms with E-state index in [9.17, 15) is 9.59 Å². The van der Waals surface area contributed by atoms with E-state index in [1.807, 2.05) is 41.5 Å². The molecule has 38 heavy (non-hydrogen) atoms. The minimum atomic E-state index is -0.554. The lowest BCUT2D eigenvalue weighted by atomic mass is 10.1. The van der Waals surface area contributed by atoms with E-state index in [-0.39, 0.29) is 5.84 Å². The number of ether oxygens (including phenoxy) is 2. The monoisotopic (exact) mass is 517 g/mol. The smallest absolute Gasteiger partial charge is 0.418 e. The standard InChI is InChI=1S/C14H17N3O3.C14H14N2O2/c1-14(2,3)20-13(18)17-7-6-9-8-10(12(15)16-19)4-5-11(9)17;1-14(2,3)18-13(17)16-7-6-11-8-10(9-15)4-5-12(11)16/h4-8,19H,1-3H3,(H2,15,16);4-8H,1-3H3. The topological polar surface area (TPSA) is 145 Å². The van der Waals surface area contributed by atoms with E-state index in [1.165, 1.54) is 9.13 Å². The first-order valence-electron chi connectivity index (χ1n) is 11.8. The molecule has 2 aromatic carbocycles. The molecule has 0 aliphatic carbocycles. The number of carbonyl (C=O) groups excluding carboxylic acids is 2. The van der Waals surface area contributed by atoms with Crippen LogP contribution in [-0.4, -0.2) is 43.6 Å². The summed E-state index contributed by atoms with van der Waals surface area (Å²) < 4.78 is 13.5. The average molecular weight is 518 g/mol. The molecule has 0 aliphatic rings. The van der Waals surface area contributed by atoms with Gasteiger partial charge in [-0.25, -0.2) is 9.59 Å². The summed E-state index contributed by atoms with van der Waals surface area (Å²) >= 11 is 0. The lowest BCUT2D eigenvalue weighted by molar-refractivity contribution is 0.0533. The normalized spacial score (nSPS) is 12.0. The molecule has 4 rings (SSSR count). The Labute approximate surface area is 220 Å². The molecule has 0 spiro atoms. The van der Waals surface area contributed by atoms with Crippen LogP contribution < -0.4 is 5.73 Å². The van der Waals surface area contributed by atoms with Crippen molar-refractivity contribution in [2.75, 3.05) is 0 Å². The molecule has 3 N–H and O–H groups in total. The third-order valence-corrected chi connectivity index (χ3v) is 5.09. The number of hydrogen-bond acceptors (Lipinski definition) is 7. The zero-order chi connectivity index (χ0) is 28.3. The molecular formula is C28H31N5O5. The first-order valence-corrected chi connectivity index (χ1v) is 11.8. The van der Waals surface area contributed by atoms with E-state index >= 15 is 0 Å². The van der Waals surface area contributed by atoms with Crippen LogP contribution in [0, 0.1) is 11.3 Å². The van der Waals surface area contributed by atoms with Gasteiger partial charge in [0, 0.05) is 28.7 Å². The number of fused-ring (bicyclic) bond motifs is 2. The molecule has 0 amide bonds. The largest absolute Gasteiger partial charge is 0.443 e. The van der Waals surface area contributed by atoms with Crippen LogP contribution in [0.15, 0.2) is 66.1 Å². The molecule has 0 aliphatic heterocycles. The van der Waals surface area contributed by atoms with Crippen molar-refractivity contribution in [2.24, 2.45) is 10.9 Å². The fourth-order valence-corrected chi connectivity index (χ4v) is 3.51. The molecular weight excluding hydrogens is 486 g/mol. The number of hydrogen-bond donors (Lipinski definition) is 2. The molecule has 198 valence electrons. The minimum Gasteiger partial charge on any atom is -0.443 e. The Morgan fingerprint density at radius 3 is 1.76 bits per heavy atom. The fourth-order valence-electron chi connectivity index (χ4n) is 3.51. The molecule has 0 saturated heterocycles. The first-order chi connectivity index (χ1) is 17.7. The summed E-state index contributed by atoms with van der Waals surface area (Å²) in [5, 5.41) is 22.1. The maximum Gasteiger partial charge on any atom is 0.418 e. The number of nitriles is 1. The van der Waals surface area contributed by atoms with E-state index < -0.39 is 23.4 Å². The van der Waals surface area contributed by atoms with Crippen LogP contribution in [0.4, 0.5) is 9.59 Å². The van der Waals surface area contributed by atoms with Crippen LogP contribution in [0.1, 0.15) is 52.7 Å². The maximum absolute atomic E-state index is 12.1. The highest BCUT2D eigenvalue weighted by atomic mass is 16.6. The molecule has 10 nitrogen and oxygen atoms in total. The van der Waals surface area contributed by atoms with Gasteiger partial charge in [0.1, 0.15) is 11.2 Å². The molecule has 2 heterocycles. The van der Waals surface area contributed by atoms with Gasteiger partial charge in [-0.2, -0.15) is 5.26 Å². The zero-order valence-electron chi connectivity index (χ0n) is 22.2. The second kappa shape index (κ2) is 10.7. The van der Waals surface area contributed by atoms with E-state index in [2.05, 4.69) is 11.2 Å². The Kier molecular flexibility index (Phi) is 7.82.